The number of aromatic nitrogens is 3. The van der Waals surface area contributed by atoms with E-state index >= 15 is 0 Å². The number of pyridine rings is 1. The lowest BCUT2D eigenvalue weighted by Gasteiger charge is -2.37. The Balaban J connectivity index is 1.47. The van der Waals surface area contributed by atoms with Crippen LogP contribution in [0.15, 0.2) is 53.6 Å². The minimum Gasteiger partial charge on any atom is -0.478 e. The highest BCUT2D eigenvalue weighted by atomic mass is 35.5. The van der Waals surface area contributed by atoms with E-state index in [2.05, 4.69) is 10.1 Å². The number of rotatable bonds is 4. The van der Waals surface area contributed by atoms with Gasteiger partial charge in [0.2, 0.25) is 5.75 Å². The number of hydrogen-bond donors (Lipinski definition) is 0. The Kier molecular flexibility index (Phi) is 7.29. The lowest BCUT2D eigenvalue weighted by Crippen LogP contribution is -2.50. The van der Waals surface area contributed by atoms with Crippen LogP contribution < -0.4 is 15.2 Å². The largest absolute Gasteiger partial charge is 0.478 e. The van der Waals surface area contributed by atoms with E-state index in [0.717, 1.165) is 30.5 Å². The van der Waals surface area contributed by atoms with E-state index in [-0.39, 0.29) is 23.5 Å². The van der Waals surface area contributed by atoms with Crippen LogP contribution in [0, 0.1) is 0 Å². The number of anilines is 1. The Morgan fingerprint density at radius 2 is 1.89 bits per heavy atom. The second-order valence-electron chi connectivity index (χ2n) is 10.5. The molecule has 0 saturated carbocycles. The molecule has 3 heterocycles. The van der Waals surface area contributed by atoms with Gasteiger partial charge in [-0.2, -0.15) is 9.78 Å². The fraction of sp³-hybridized carbons (Fsp3) is 0.429. The molecule has 0 spiro atoms. The number of halogens is 1. The molecule has 1 saturated heterocycles. The summed E-state index contributed by atoms with van der Waals surface area (Å²) in [5.41, 5.74) is 2.24. The number of carbonyl (C=O) groups excluding carboxylic acids is 1. The smallest absolute Gasteiger partial charge is 0.410 e. The first kappa shape index (κ1) is 26.0. The molecule has 1 aliphatic carbocycles. The normalized spacial score (nSPS) is 17.6. The third-order valence-corrected chi connectivity index (χ3v) is 6.89. The van der Waals surface area contributed by atoms with Gasteiger partial charge in [-0.15, -0.1) is 0 Å². The van der Waals surface area contributed by atoms with Crippen molar-refractivity contribution in [2.24, 2.45) is 0 Å². The van der Waals surface area contributed by atoms with Gasteiger partial charge in [-0.1, -0.05) is 23.7 Å². The molecule has 5 rings (SSSR count). The summed E-state index contributed by atoms with van der Waals surface area (Å²) in [5.74, 6) is 0.229. The minimum absolute atomic E-state index is 0.229. The van der Waals surface area contributed by atoms with Crippen LogP contribution in [0.1, 0.15) is 51.0 Å². The van der Waals surface area contributed by atoms with Gasteiger partial charge in [0.05, 0.1) is 11.9 Å². The number of carbonyl (C=O) groups is 1. The molecule has 0 N–H and O–H groups in total. The summed E-state index contributed by atoms with van der Waals surface area (Å²) in [4.78, 5) is 34.7. The van der Waals surface area contributed by atoms with Gasteiger partial charge in [0.15, 0.2) is 0 Å². The van der Waals surface area contributed by atoms with Crippen LogP contribution in [0.5, 0.6) is 5.75 Å². The van der Waals surface area contributed by atoms with E-state index in [0.29, 0.717) is 42.6 Å². The van der Waals surface area contributed by atoms with Crippen molar-refractivity contribution >= 4 is 23.4 Å². The van der Waals surface area contributed by atoms with Gasteiger partial charge >= 0.3 is 11.7 Å². The molecule has 1 unspecified atom stereocenters. The first-order chi connectivity index (χ1) is 18.2. The zero-order valence-electron chi connectivity index (χ0n) is 21.9. The van der Waals surface area contributed by atoms with Gasteiger partial charge in [-0.25, -0.2) is 4.79 Å². The van der Waals surface area contributed by atoms with Gasteiger partial charge in [-0.3, -0.25) is 9.78 Å². The summed E-state index contributed by atoms with van der Waals surface area (Å²) in [6.07, 6.45) is 5.41. The molecule has 1 atom stereocenters. The van der Waals surface area contributed by atoms with E-state index in [1.807, 2.05) is 37.8 Å². The summed E-state index contributed by atoms with van der Waals surface area (Å²) >= 11 is 6.20. The Morgan fingerprint density at radius 1 is 1.11 bits per heavy atom. The summed E-state index contributed by atoms with van der Waals surface area (Å²) in [6.45, 7) is 7.50. The van der Waals surface area contributed by atoms with Crippen molar-refractivity contribution in [2.75, 3.05) is 31.1 Å². The van der Waals surface area contributed by atoms with Crippen molar-refractivity contribution in [3.05, 3.63) is 75.4 Å². The molecule has 1 fully saturated rings. The molecule has 1 amide bonds. The zero-order valence-corrected chi connectivity index (χ0v) is 22.6. The number of hydrogen-bond acceptors (Lipinski definition) is 7. The fourth-order valence-electron chi connectivity index (χ4n) is 4.84. The van der Waals surface area contributed by atoms with Gasteiger partial charge in [-0.05, 0) is 64.3 Å². The second kappa shape index (κ2) is 10.6. The Labute approximate surface area is 226 Å². The third-order valence-electron chi connectivity index (χ3n) is 6.65. The van der Waals surface area contributed by atoms with Gasteiger partial charge < -0.3 is 19.3 Å². The second-order valence-corrected chi connectivity index (χ2v) is 11.0. The monoisotopic (exact) mass is 537 g/mol. The molecule has 200 valence electrons. The van der Waals surface area contributed by atoms with E-state index in [9.17, 15) is 9.59 Å². The average Bonchev–Trinajstić information content (AvgIpc) is 2.89. The molecule has 2 aliphatic rings. The lowest BCUT2D eigenvalue weighted by atomic mass is 9.93. The van der Waals surface area contributed by atoms with E-state index < -0.39 is 5.60 Å². The maximum absolute atomic E-state index is 13.9. The molecular formula is C28H32ClN5O4. The quantitative estimate of drug-likeness (QED) is 0.472. The van der Waals surface area contributed by atoms with Crippen LogP contribution in [0.2, 0.25) is 5.02 Å². The summed E-state index contributed by atoms with van der Waals surface area (Å²) in [7, 11) is 0. The van der Waals surface area contributed by atoms with Crippen LogP contribution in [0.3, 0.4) is 0 Å². The minimum atomic E-state index is -0.560. The standard InChI is InChI=1S/C28H32ClN5O4/c1-28(2,3)38-27(36)33-15-13-32(14-16-33)23-18-31-34(20-8-4-7-19(29)17-20)26(35)25(23)37-24-11-5-10-22-21(24)9-6-12-30-22/h4,6-9,12,17-18,24H,5,10-11,13-16H2,1-3H3. The Morgan fingerprint density at radius 3 is 2.63 bits per heavy atom. The molecule has 2 aromatic heterocycles. The summed E-state index contributed by atoms with van der Waals surface area (Å²) < 4.78 is 13.4. The highest BCUT2D eigenvalue weighted by Crippen LogP contribution is 2.35. The van der Waals surface area contributed by atoms with Crippen molar-refractivity contribution in [3.63, 3.8) is 0 Å². The van der Waals surface area contributed by atoms with E-state index in [1.165, 1.54) is 4.68 Å². The molecular weight excluding hydrogens is 506 g/mol. The molecule has 1 aromatic carbocycles. The predicted molar refractivity (Wildman–Crippen MR) is 145 cm³/mol. The highest BCUT2D eigenvalue weighted by Gasteiger charge is 2.30. The maximum Gasteiger partial charge on any atom is 0.410 e. The van der Waals surface area contributed by atoms with E-state index in [1.54, 1.807) is 41.6 Å². The van der Waals surface area contributed by atoms with Crippen molar-refractivity contribution in [1.82, 2.24) is 19.7 Å². The lowest BCUT2D eigenvalue weighted by molar-refractivity contribution is 0.0240. The third kappa shape index (κ3) is 5.62. The molecule has 38 heavy (non-hydrogen) atoms. The Hall–Kier alpha value is -3.59. The topological polar surface area (TPSA) is 89.8 Å². The molecule has 0 bridgehead atoms. The van der Waals surface area contributed by atoms with E-state index in [4.69, 9.17) is 21.1 Å². The fourth-order valence-corrected chi connectivity index (χ4v) is 5.03. The van der Waals surface area contributed by atoms with Crippen molar-refractivity contribution in [2.45, 2.75) is 51.7 Å². The van der Waals surface area contributed by atoms with Crippen molar-refractivity contribution in [1.29, 1.82) is 0 Å². The average molecular weight is 538 g/mol. The maximum atomic E-state index is 13.9. The highest BCUT2D eigenvalue weighted by molar-refractivity contribution is 6.30. The number of ether oxygens (including phenoxy) is 2. The summed E-state index contributed by atoms with van der Waals surface area (Å²) in [6, 6.07) is 10.9. The number of piperazine rings is 1. The van der Waals surface area contributed by atoms with Gasteiger partial charge in [0.1, 0.15) is 17.4 Å². The number of fused-ring (bicyclic) bond motifs is 1. The van der Waals surface area contributed by atoms with Crippen LogP contribution in [0.4, 0.5) is 10.5 Å². The molecule has 9 nitrogen and oxygen atoms in total. The molecule has 0 radical (unpaired) electrons. The van der Waals surface area contributed by atoms with Gasteiger partial charge in [0.25, 0.3) is 0 Å². The predicted octanol–water partition coefficient (Wildman–Crippen LogP) is 4.79. The SMILES string of the molecule is CC(C)(C)OC(=O)N1CCN(c2cnn(-c3cccc(Cl)c3)c(=O)c2OC2CCCc3ncccc32)CC1. The molecule has 1 aliphatic heterocycles. The number of amides is 1. The number of nitrogens with zero attached hydrogens (tertiary/aromatic N) is 5. The van der Waals surface area contributed by atoms with Crippen molar-refractivity contribution < 1.29 is 14.3 Å². The Bertz CT molecular complexity index is 1380. The first-order valence-electron chi connectivity index (χ1n) is 12.9. The van der Waals surface area contributed by atoms with Crippen LogP contribution in [-0.2, 0) is 11.2 Å². The van der Waals surface area contributed by atoms with Crippen LogP contribution in [-0.4, -0.2) is 57.5 Å². The first-order valence-corrected chi connectivity index (χ1v) is 13.3. The molecule has 10 heteroatoms. The van der Waals surface area contributed by atoms with Crippen molar-refractivity contribution in [3.8, 4) is 11.4 Å². The number of aryl methyl sites for hydroxylation is 1. The van der Waals surface area contributed by atoms with Crippen LogP contribution >= 0.6 is 11.6 Å². The number of benzene rings is 1. The zero-order chi connectivity index (χ0) is 26.9. The summed E-state index contributed by atoms with van der Waals surface area (Å²) in [5, 5.41) is 4.98. The van der Waals surface area contributed by atoms with Gasteiger partial charge in [0, 0.05) is 48.7 Å². The molecule has 3 aromatic rings. The van der Waals surface area contributed by atoms with Crippen LogP contribution in [0.25, 0.3) is 5.69 Å².